The largest absolute Gasteiger partial charge is 0.497 e. The van der Waals surface area contributed by atoms with Crippen molar-refractivity contribution in [1.29, 1.82) is 0 Å². The molecule has 3 rings (SSSR count). The van der Waals surface area contributed by atoms with Crippen molar-refractivity contribution in [3.05, 3.63) is 83.4 Å². The second-order valence-electron chi connectivity index (χ2n) is 8.11. The van der Waals surface area contributed by atoms with Gasteiger partial charge in [0.1, 0.15) is 23.9 Å². The fraction of sp³-hybridized carbons (Fsp3) is 0.296. The van der Waals surface area contributed by atoms with Crippen LogP contribution in [0.2, 0.25) is 0 Å². The third kappa shape index (κ3) is 7.14. The van der Waals surface area contributed by atoms with Crippen LogP contribution in [-0.2, 0) is 23.0 Å². The van der Waals surface area contributed by atoms with E-state index >= 15 is 0 Å². The summed E-state index contributed by atoms with van der Waals surface area (Å²) in [7, 11) is -0.649. The van der Waals surface area contributed by atoms with E-state index < -0.39 is 10.0 Å². The topological polar surface area (TPSA) is 94.2 Å². The zero-order chi connectivity index (χ0) is 26.1. The minimum absolute atomic E-state index is 0.0644. The molecule has 192 valence electrons. The molecule has 3 aromatic carbocycles. The summed E-state index contributed by atoms with van der Waals surface area (Å²) in [6.45, 7) is 2.86. The fourth-order valence-corrected chi connectivity index (χ4v) is 4.44. The standard InChI is InChI=1S/C27H32N2O6S/c1-5-20-8-12-23(13-9-20)35-17-16-28-27(30)22-10-6-21(7-11-22)19-29(36(4,31)32)25-18-24(33-2)14-15-26(25)34-3/h6-15,18H,5,16-17,19H2,1-4H3,(H,28,30). The number of ether oxygens (including phenoxy) is 3. The number of sulfonamides is 1. The van der Waals surface area contributed by atoms with Gasteiger partial charge in [-0.15, -0.1) is 0 Å². The SMILES string of the molecule is CCc1ccc(OCCNC(=O)c2ccc(CN(c3cc(OC)ccc3OC)S(C)(=O)=O)cc2)cc1. The van der Waals surface area contributed by atoms with Crippen LogP contribution in [0, 0.1) is 0 Å². The van der Waals surface area contributed by atoms with E-state index in [9.17, 15) is 13.2 Å². The molecule has 0 aliphatic heterocycles. The van der Waals surface area contributed by atoms with E-state index in [1.807, 2.05) is 24.3 Å². The number of amides is 1. The number of carbonyl (C=O) groups is 1. The summed E-state index contributed by atoms with van der Waals surface area (Å²) in [4.78, 5) is 12.5. The average Bonchev–Trinajstić information content (AvgIpc) is 2.89. The van der Waals surface area contributed by atoms with E-state index in [2.05, 4.69) is 12.2 Å². The molecule has 0 aromatic heterocycles. The zero-order valence-corrected chi connectivity index (χ0v) is 21.8. The van der Waals surface area contributed by atoms with Gasteiger partial charge in [-0.05, 0) is 53.9 Å². The Morgan fingerprint density at radius 2 is 1.53 bits per heavy atom. The smallest absolute Gasteiger partial charge is 0.251 e. The molecule has 8 nitrogen and oxygen atoms in total. The predicted molar refractivity (Wildman–Crippen MR) is 141 cm³/mol. The van der Waals surface area contributed by atoms with Crippen LogP contribution in [0.1, 0.15) is 28.4 Å². The lowest BCUT2D eigenvalue weighted by Crippen LogP contribution is -2.30. The van der Waals surface area contributed by atoms with E-state index in [4.69, 9.17) is 14.2 Å². The van der Waals surface area contributed by atoms with Crippen LogP contribution in [0.25, 0.3) is 0 Å². The Hall–Kier alpha value is -3.72. The van der Waals surface area contributed by atoms with Gasteiger partial charge in [-0.2, -0.15) is 0 Å². The highest BCUT2D eigenvalue weighted by Gasteiger charge is 2.22. The molecular formula is C27H32N2O6S. The Labute approximate surface area is 212 Å². The molecule has 3 aromatic rings. The van der Waals surface area contributed by atoms with E-state index in [0.717, 1.165) is 18.4 Å². The number of carbonyl (C=O) groups excluding carboxylic acids is 1. The first-order valence-corrected chi connectivity index (χ1v) is 13.4. The first-order valence-electron chi connectivity index (χ1n) is 11.5. The minimum atomic E-state index is -3.64. The summed E-state index contributed by atoms with van der Waals surface area (Å²) in [5.74, 6) is 1.43. The Kier molecular flexibility index (Phi) is 9.19. The molecule has 0 unspecified atom stereocenters. The van der Waals surface area contributed by atoms with E-state index in [0.29, 0.717) is 41.5 Å². The zero-order valence-electron chi connectivity index (χ0n) is 21.0. The maximum absolute atomic E-state index is 12.6. The number of rotatable bonds is 12. The molecule has 36 heavy (non-hydrogen) atoms. The van der Waals surface area contributed by atoms with Crippen LogP contribution >= 0.6 is 0 Å². The molecule has 1 N–H and O–H groups in total. The van der Waals surface area contributed by atoms with Gasteiger partial charge in [0.2, 0.25) is 10.0 Å². The molecule has 1 amide bonds. The number of nitrogens with zero attached hydrogens (tertiary/aromatic N) is 1. The van der Waals surface area contributed by atoms with Crippen LogP contribution in [0.4, 0.5) is 5.69 Å². The Morgan fingerprint density at radius 3 is 2.11 bits per heavy atom. The Morgan fingerprint density at radius 1 is 0.889 bits per heavy atom. The van der Waals surface area contributed by atoms with E-state index in [1.54, 1.807) is 42.5 Å². The van der Waals surface area contributed by atoms with Gasteiger partial charge in [0.15, 0.2) is 0 Å². The number of hydrogen-bond donors (Lipinski definition) is 1. The summed E-state index contributed by atoms with van der Waals surface area (Å²) in [6, 6.07) is 19.6. The quantitative estimate of drug-likeness (QED) is 0.368. The van der Waals surface area contributed by atoms with Gasteiger partial charge < -0.3 is 19.5 Å². The molecule has 9 heteroatoms. The van der Waals surface area contributed by atoms with Crippen molar-refractivity contribution in [3.8, 4) is 17.2 Å². The highest BCUT2D eigenvalue weighted by Crippen LogP contribution is 2.34. The van der Waals surface area contributed by atoms with Crippen molar-refractivity contribution in [2.45, 2.75) is 19.9 Å². The van der Waals surface area contributed by atoms with Gasteiger partial charge >= 0.3 is 0 Å². The van der Waals surface area contributed by atoms with Crippen molar-refractivity contribution in [2.24, 2.45) is 0 Å². The summed E-state index contributed by atoms with van der Waals surface area (Å²) in [5.41, 5.74) is 2.78. The van der Waals surface area contributed by atoms with Gasteiger partial charge in [0, 0.05) is 11.6 Å². The minimum Gasteiger partial charge on any atom is -0.497 e. The third-order valence-electron chi connectivity index (χ3n) is 5.59. The summed E-state index contributed by atoms with van der Waals surface area (Å²) < 4.78 is 42.8. The molecule has 0 spiro atoms. The van der Waals surface area contributed by atoms with Crippen molar-refractivity contribution in [1.82, 2.24) is 5.32 Å². The number of benzene rings is 3. The molecule has 0 aliphatic rings. The van der Waals surface area contributed by atoms with Crippen LogP contribution < -0.4 is 23.8 Å². The van der Waals surface area contributed by atoms with Crippen molar-refractivity contribution < 1.29 is 27.4 Å². The predicted octanol–water partition coefficient (Wildman–Crippen LogP) is 4.04. The lowest BCUT2D eigenvalue weighted by Gasteiger charge is -2.25. The van der Waals surface area contributed by atoms with Crippen molar-refractivity contribution >= 4 is 21.6 Å². The molecular weight excluding hydrogens is 480 g/mol. The molecule has 0 bridgehead atoms. The number of aryl methyl sites for hydroxylation is 1. The molecule has 0 fully saturated rings. The van der Waals surface area contributed by atoms with Crippen LogP contribution in [0.5, 0.6) is 17.2 Å². The number of hydrogen-bond acceptors (Lipinski definition) is 6. The van der Waals surface area contributed by atoms with Gasteiger partial charge in [0.25, 0.3) is 5.91 Å². The Bertz CT molecular complexity index is 1260. The van der Waals surface area contributed by atoms with Crippen LogP contribution in [0.15, 0.2) is 66.7 Å². The first kappa shape index (κ1) is 26.9. The van der Waals surface area contributed by atoms with Crippen molar-refractivity contribution in [3.63, 3.8) is 0 Å². The lowest BCUT2D eigenvalue weighted by atomic mass is 10.1. The monoisotopic (exact) mass is 512 g/mol. The molecule has 0 saturated carbocycles. The van der Waals surface area contributed by atoms with Gasteiger partial charge in [-0.1, -0.05) is 31.2 Å². The normalized spacial score (nSPS) is 11.0. The molecule has 0 aliphatic carbocycles. The molecule has 0 heterocycles. The summed E-state index contributed by atoms with van der Waals surface area (Å²) in [6.07, 6.45) is 2.10. The molecule has 0 saturated heterocycles. The van der Waals surface area contributed by atoms with Gasteiger partial charge in [-0.3, -0.25) is 9.10 Å². The maximum atomic E-state index is 12.6. The second-order valence-corrected chi connectivity index (χ2v) is 10.0. The van der Waals surface area contributed by atoms with Crippen LogP contribution in [0.3, 0.4) is 0 Å². The highest BCUT2D eigenvalue weighted by atomic mass is 32.2. The maximum Gasteiger partial charge on any atom is 0.251 e. The second kappa shape index (κ2) is 12.3. The van der Waals surface area contributed by atoms with E-state index in [-0.39, 0.29) is 12.5 Å². The fourth-order valence-electron chi connectivity index (χ4n) is 3.56. The average molecular weight is 513 g/mol. The van der Waals surface area contributed by atoms with E-state index in [1.165, 1.54) is 24.1 Å². The summed E-state index contributed by atoms with van der Waals surface area (Å²) >= 11 is 0. The first-order chi connectivity index (χ1) is 17.2. The number of anilines is 1. The molecule has 0 atom stereocenters. The lowest BCUT2D eigenvalue weighted by molar-refractivity contribution is 0.0947. The number of nitrogens with one attached hydrogen (secondary N) is 1. The third-order valence-corrected chi connectivity index (χ3v) is 6.71. The van der Waals surface area contributed by atoms with Crippen molar-refractivity contribution in [2.75, 3.05) is 37.9 Å². The number of methoxy groups -OCH3 is 2. The highest BCUT2D eigenvalue weighted by molar-refractivity contribution is 7.92. The van der Waals surface area contributed by atoms with Gasteiger partial charge in [0.05, 0.1) is 39.3 Å². The van der Waals surface area contributed by atoms with Gasteiger partial charge in [-0.25, -0.2) is 8.42 Å². The Balaban J connectivity index is 1.62. The summed E-state index contributed by atoms with van der Waals surface area (Å²) in [5, 5.41) is 2.83. The molecule has 0 radical (unpaired) electrons. The van der Waals surface area contributed by atoms with Crippen LogP contribution in [-0.4, -0.2) is 48.0 Å².